The third-order valence-electron chi connectivity index (χ3n) is 3.96. The van der Waals surface area contributed by atoms with Crippen LogP contribution >= 0.6 is 0 Å². The van der Waals surface area contributed by atoms with E-state index in [0.29, 0.717) is 11.5 Å². The molecule has 1 N–H and O–H groups in total. The number of methoxy groups -OCH3 is 3. The number of carbonyl (C=O) groups is 1. The summed E-state index contributed by atoms with van der Waals surface area (Å²) in [4.78, 5) is 12.1. The smallest absolute Gasteiger partial charge is 0.338 e. The predicted octanol–water partition coefficient (Wildman–Crippen LogP) is 2.37. The fraction of sp³-hybridized carbons (Fsp3) is 0.562. The summed E-state index contributed by atoms with van der Waals surface area (Å²) in [5.41, 5.74) is -0.906. The largest absolute Gasteiger partial charge is 0.497 e. The molecule has 0 fully saturated rings. The second-order valence-electron chi connectivity index (χ2n) is 5.30. The Balaban J connectivity index is 3.33. The van der Waals surface area contributed by atoms with Gasteiger partial charge >= 0.3 is 5.97 Å². The van der Waals surface area contributed by atoms with Gasteiger partial charge < -0.3 is 19.3 Å². The lowest BCUT2D eigenvalue weighted by Crippen LogP contribution is -2.49. The van der Waals surface area contributed by atoms with E-state index in [1.807, 2.05) is 0 Å². The molecule has 1 rings (SSSR count). The molecular weight excluding hydrogens is 272 g/mol. The quantitative estimate of drug-likeness (QED) is 0.816. The molecule has 5 nitrogen and oxygen atoms in total. The minimum Gasteiger partial charge on any atom is -0.497 e. The fourth-order valence-electron chi connectivity index (χ4n) is 2.49. The summed E-state index contributed by atoms with van der Waals surface area (Å²) in [6, 6.07) is 5.29. The van der Waals surface area contributed by atoms with Gasteiger partial charge in [-0.25, -0.2) is 4.79 Å². The standard InChI is InChI=1S/C16H24O5/c1-10(2)16(18,15(17)21-6)11(3)13-8-7-12(19-4)9-14(13)20-5/h7-11,18H,1-6H3. The van der Waals surface area contributed by atoms with Gasteiger partial charge in [-0.05, 0) is 12.0 Å². The maximum Gasteiger partial charge on any atom is 0.338 e. The van der Waals surface area contributed by atoms with E-state index in [1.165, 1.54) is 14.2 Å². The monoisotopic (exact) mass is 296 g/mol. The number of benzene rings is 1. The molecule has 0 aliphatic rings. The van der Waals surface area contributed by atoms with Crippen molar-refractivity contribution in [1.29, 1.82) is 0 Å². The van der Waals surface area contributed by atoms with E-state index >= 15 is 0 Å². The molecule has 0 spiro atoms. The minimum absolute atomic E-state index is 0.313. The van der Waals surface area contributed by atoms with Crippen LogP contribution in [0.4, 0.5) is 0 Å². The van der Waals surface area contributed by atoms with Gasteiger partial charge in [-0.3, -0.25) is 0 Å². The van der Waals surface area contributed by atoms with Crippen LogP contribution < -0.4 is 9.47 Å². The highest BCUT2D eigenvalue weighted by molar-refractivity contribution is 5.81. The van der Waals surface area contributed by atoms with E-state index in [-0.39, 0.29) is 5.92 Å². The van der Waals surface area contributed by atoms with Gasteiger partial charge in [0, 0.05) is 17.5 Å². The zero-order chi connectivity index (χ0) is 16.2. The molecule has 2 unspecified atom stereocenters. The molecule has 0 amide bonds. The molecule has 1 aromatic carbocycles. The molecule has 0 aliphatic carbocycles. The lowest BCUT2D eigenvalue weighted by molar-refractivity contribution is -0.170. The number of aliphatic hydroxyl groups is 1. The molecule has 0 heterocycles. The number of hydrogen-bond acceptors (Lipinski definition) is 5. The lowest BCUT2D eigenvalue weighted by Gasteiger charge is -2.35. The predicted molar refractivity (Wildman–Crippen MR) is 79.8 cm³/mol. The van der Waals surface area contributed by atoms with Gasteiger partial charge in [0.2, 0.25) is 0 Å². The third kappa shape index (κ3) is 3.13. The van der Waals surface area contributed by atoms with Crippen molar-refractivity contribution in [2.75, 3.05) is 21.3 Å². The van der Waals surface area contributed by atoms with Crippen molar-refractivity contribution < 1.29 is 24.1 Å². The van der Waals surface area contributed by atoms with Crippen LogP contribution in [0.2, 0.25) is 0 Å². The van der Waals surface area contributed by atoms with Gasteiger partial charge in [-0.1, -0.05) is 26.8 Å². The van der Waals surface area contributed by atoms with Crippen LogP contribution in [0.1, 0.15) is 32.3 Å². The Bertz CT molecular complexity index is 497. The molecule has 2 atom stereocenters. The van der Waals surface area contributed by atoms with E-state index in [0.717, 1.165) is 5.56 Å². The van der Waals surface area contributed by atoms with Crippen LogP contribution in [0.15, 0.2) is 18.2 Å². The first-order valence-corrected chi connectivity index (χ1v) is 6.85. The number of carbonyl (C=O) groups excluding carboxylic acids is 1. The zero-order valence-electron chi connectivity index (χ0n) is 13.5. The van der Waals surface area contributed by atoms with Crippen LogP contribution in [0.5, 0.6) is 11.5 Å². The first kappa shape index (κ1) is 17.3. The van der Waals surface area contributed by atoms with Gasteiger partial charge in [0.25, 0.3) is 0 Å². The lowest BCUT2D eigenvalue weighted by atomic mass is 9.75. The summed E-state index contributed by atoms with van der Waals surface area (Å²) in [7, 11) is 4.38. The minimum atomic E-state index is -1.63. The second-order valence-corrected chi connectivity index (χ2v) is 5.30. The maximum absolute atomic E-state index is 12.1. The number of rotatable bonds is 6. The Morgan fingerprint density at radius 3 is 2.19 bits per heavy atom. The third-order valence-corrected chi connectivity index (χ3v) is 3.96. The Labute approximate surface area is 125 Å². The van der Waals surface area contributed by atoms with Crippen molar-refractivity contribution in [2.45, 2.75) is 32.3 Å². The van der Waals surface area contributed by atoms with Crippen molar-refractivity contribution in [3.63, 3.8) is 0 Å². The van der Waals surface area contributed by atoms with E-state index in [2.05, 4.69) is 0 Å². The summed E-state index contributed by atoms with van der Waals surface area (Å²) < 4.78 is 15.3. The first-order chi connectivity index (χ1) is 9.82. The number of esters is 1. The molecule has 1 aromatic rings. The molecule has 21 heavy (non-hydrogen) atoms. The molecule has 0 aliphatic heterocycles. The van der Waals surface area contributed by atoms with Crippen LogP contribution in [-0.4, -0.2) is 38.0 Å². The van der Waals surface area contributed by atoms with E-state index in [9.17, 15) is 9.90 Å². The Hall–Kier alpha value is -1.75. The van der Waals surface area contributed by atoms with Gasteiger partial charge in [0.15, 0.2) is 5.60 Å². The Kier molecular flexibility index (Phi) is 5.61. The van der Waals surface area contributed by atoms with Gasteiger partial charge in [0.1, 0.15) is 11.5 Å². The maximum atomic E-state index is 12.1. The van der Waals surface area contributed by atoms with Gasteiger partial charge in [0.05, 0.1) is 21.3 Å². The normalized spacial score (nSPS) is 15.2. The molecule has 0 aromatic heterocycles. The summed E-state index contributed by atoms with van der Waals surface area (Å²) in [5.74, 6) is -0.251. The highest BCUT2D eigenvalue weighted by Gasteiger charge is 2.47. The van der Waals surface area contributed by atoms with Crippen molar-refractivity contribution in [3.8, 4) is 11.5 Å². The molecule has 0 saturated heterocycles. The molecule has 118 valence electrons. The molecular formula is C16H24O5. The van der Waals surface area contributed by atoms with E-state index < -0.39 is 17.5 Å². The van der Waals surface area contributed by atoms with Crippen LogP contribution in [-0.2, 0) is 9.53 Å². The highest BCUT2D eigenvalue weighted by Crippen LogP contribution is 2.40. The zero-order valence-corrected chi connectivity index (χ0v) is 13.5. The van der Waals surface area contributed by atoms with Crippen LogP contribution in [0.25, 0.3) is 0 Å². The van der Waals surface area contributed by atoms with Crippen LogP contribution in [0.3, 0.4) is 0 Å². The number of hydrogen-bond donors (Lipinski definition) is 1. The van der Waals surface area contributed by atoms with Gasteiger partial charge in [-0.15, -0.1) is 0 Å². The van der Waals surface area contributed by atoms with E-state index in [4.69, 9.17) is 14.2 Å². The van der Waals surface area contributed by atoms with Crippen molar-refractivity contribution in [2.24, 2.45) is 5.92 Å². The number of ether oxygens (including phenoxy) is 3. The van der Waals surface area contributed by atoms with E-state index in [1.54, 1.807) is 46.1 Å². The highest BCUT2D eigenvalue weighted by atomic mass is 16.5. The molecule has 0 saturated carbocycles. The first-order valence-electron chi connectivity index (χ1n) is 6.85. The molecule has 5 heteroatoms. The average molecular weight is 296 g/mol. The van der Waals surface area contributed by atoms with Gasteiger partial charge in [-0.2, -0.15) is 0 Å². The second kappa shape index (κ2) is 6.80. The van der Waals surface area contributed by atoms with Crippen molar-refractivity contribution in [3.05, 3.63) is 23.8 Å². The van der Waals surface area contributed by atoms with Crippen LogP contribution in [0, 0.1) is 5.92 Å². The summed E-state index contributed by atoms with van der Waals surface area (Å²) in [5, 5.41) is 10.9. The average Bonchev–Trinajstić information content (AvgIpc) is 2.51. The Morgan fingerprint density at radius 1 is 1.14 bits per heavy atom. The fourth-order valence-corrected chi connectivity index (χ4v) is 2.49. The topological polar surface area (TPSA) is 65.0 Å². The summed E-state index contributed by atoms with van der Waals surface area (Å²) in [6.45, 7) is 5.34. The van der Waals surface area contributed by atoms with Crippen molar-refractivity contribution in [1.82, 2.24) is 0 Å². The SMILES string of the molecule is COC(=O)C(O)(C(C)C)C(C)c1ccc(OC)cc1OC. The summed E-state index contributed by atoms with van der Waals surface area (Å²) in [6.07, 6.45) is 0. The van der Waals surface area contributed by atoms with Crippen molar-refractivity contribution >= 4 is 5.97 Å². The molecule has 0 bridgehead atoms. The Morgan fingerprint density at radius 2 is 1.76 bits per heavy atom. The molecule has 0 radical (unpaired) electrons. The summed E-state index contributed by atoms with van der Waals surface area (Å²) >= 11 is 0.